The van der Waals surface area contributed by atoms with Gasteiger partial charge in [0, 0.05) is 12.0 Å². The lowest BCUT2D eigenvalue weighted by Gasteiger charge is -2.38. The van der Waals surface area contributed by atoms with E-state index >= 15 is 0 Å². The highest BCUT2D eigenvalue weighted by Gasteiger charge is 2.33. The van der Waals surface area contributed by atoms with Crippen molar-refractivity contribution in [2.75, 3.05) is 0 Å². The largest absolute Gasteiger partial charge is 0.365 e. The van der Waals surface area contributed by atoms with E-state index in [0.717, 1.165) is 6.42 Å². The first kappa shape index (κ1) is 10.7. The molecule has 0 spiro atoms. The van der Waals surface area contributed by atoms with Crippen LogP contribution in [0.3, 0.4) is 0 Å². The van der Waals surface area contributed by atoms with Gasteiger partial charge < -0.3 is 4.90 Å². The molecule has 2 rings (SSSR count). The first-order valence-electron chi connectivity index (χ1n) is 6.23. The summed E-state index contributed by atoms with van der Waals surface area (Å²) >= 11 is 0. The lowest BCUT2D eigenvalue weighted by Crippen LogP contribution is -2.46. The number of rotatable bonds is 2. The number of allylic oxidation sites excluding steroid dienone is 1. The Bertz CT molecular complexity index is 266. The number of carbonyl (C=O) groups excluding carboxylic acids is 1. The van der Waals surface area contributed by atoms with Crippen LogP contribution in [-0.2, 0) is 4.79 Å². The van der Waals surface area contributed by atoms with Gasteiger partial charge in [-0.05, 0) is 25.5 Å². The quantitative estimate of drug-likeness (QED) is 0.694. The van der Waals surface area contributed by atoms with Crippen molar-refractivity contribution in [3.05, 3.63) is 12.3 Å². The zero-order valence-electron chi connectivity index (χ0n) is 9.78. The molecule has 15 heavy (non-hydrogen) atoms. The molecule has 0 aromatic heterocycles. The smallest absolute Gasteiger partial charge is 0.161 e. The third kappa shape index (κ3) is 1.95. The van der Waals surface area contributed by atoms with Crippen molar-refractivity contribution in [1.82, 2.24) is 4.90 Å². The number of Topliss-reactive ketones (excluding diaryl/α,β-unsaturated/α-hetero) is 1. The molecule has 1 unspecified atom stereocenters. The maximum absolute atomic E-state index is 12.0. The van der Waals surface area contributed by atoms with Gasteiger partial charge in [0.2, 0.25) is 0 Å². The average Bonchev–Trinajstić information content (AvgIpc) is 2.75. The second-order valence-corrected chi connectivity index (χ2v) is 4.84. The van der Waals surface area contributed by atoms with Crippen molar-refractivity contribution in [3.63, 3.8) is 0 Å². The molecule has 0 N–H and O–H groups in total. The van der Waals surface area contributed by atoms with E-state index in [1.165, 1.54) is 25.7 Å². The van der Waals surface area contributed by atoms with Crippen molar-refractivity contribution < 1.29 is 4.79 Å². The molecule has 1 heterocycles. The van der Waals surface area contributed by atoms with E-state index in [1.54, 1.807) is 0 Å². The van der Waals surface area contributed by atoms with Gasteiger partial charge in [-0.15, -0.1) is 0 Å². The lowest BCUT2D eigenvalue weighted by molar-refractivity contribution is -0.127. The Morgan fingerprint density at radius 1 is 1.40 bits per heavy atom. The van der Waals surface area contributed by atoms with Gasteiger partial charge in [0.05, 0.1) is 6.04 Å². The SMILES string of the molecule is CC[C@@H]1C(=O)C(C)C=CN1C1CCCC1. The zero-order valence-corrected chi connectivity index (χ0v) is 9.78. The van der Waals surface area contributed by atoms with Crippen molar-refractivity contribution in [2.24, 2.45) is 5.92 Å². The lowest BCUT2D eigenvalue weighted by atomic mass is 9.92. The summed E-state index contributed by atoms with van der Waals surface area (Å²) in [4.78, 5) is 14.4. The van der Waals surface area contributed by atoms with E-state index in [0.29, 0.717) is 11.8 Å². The summed E-state index contributed by atoms with van der Waals surface area (Å²) in [6, 6.07) is 0.774. The molecule has 0 radical (unpaired) electrons. The van der Waals surface area contributed by atoms with Crippen LogP contribution in [0.4, 0.5) is 0 Å². The number of hydrogen-bond donors (Lipinski definition) is 0. The van der Waals surface area contributed by atoms with Crippen LogP contribution in [0.1, 0.15) is 46.0 Å². The second kappa shape index (κ2) is 4.38. The summed E-state index contributed by atoms with van der Waals surface area (Å²) in [7, 11) is 0. The molecule has 2 heteroatoms. The standard InChI is InChI=1S/C13H21NO/c1-3-12-13(15)10(2)8-9-14(12)11-6-4-5-7-11/h8-12H,3-7H2,1-2H3/t10?,12-/m1/s1. The van der Waals surface area contributed by atoms with Gasteiger partial charge in [-0.3, -0.25) is 4.79 Å². The van der Waals surface area contributed by atoms with E-state index in [-0.39, 0.29) is 12.0 Å². The van der Waals surface area contributed by atoms with Crippen LogP contribution in [0, 0.1) is 5.92 Å². The van der Waals surface area contributed by atoms with Crippen LogP contribution in [0.2, 0.25) is 0 Å². The fourth-order valence-corrected chi connectivity index (χ4v) is 2.87. The minimum Gasteiger partial charge on any atom is -0.365 e. The summed E-state index contributed by atoms with van der Waals surface area (Å²) in [6.07, 6.45) is 10.4. The average molecular weight is 207 g/mol. The van der Waals surface area contributed by atoms with Crippen LogP contribution in [0.5, 0.6) is 0 Å². The number of hydrogen-bond acceptors (Lipinski definition) is 2. The summed E-state index contributed by atoms with van der Waals surface area (Å²) in [5.74, 6) is 0.527. The molecule has 1 aliphatic heterocycles. The Labute approximate surface area is 92.3 Å². The molecule has 2 nitrogen and oxygen atoms in total. The minimum atomic E-state index is 0.118. The maximum atomic E-state index is 12.0. The molecule has 1 aliphatic carbocycles. The van der Waals surface area contributed by atoms with Crippen molar-refractivity contribution in [1.29, 1.82) is 0 Å². The Morgan fingerprint density at radius 3 is 2.67 bits per heavy atom. The van der Waals surface area contributed by atoms with E-state index in [4.69, 9.17) is 0 Å². The first-order chi connectivity index (χ1) is 7.24. The van der Waals surface area contributed by atoms with Gasteiger partial charge >= 0.3 is 0 Å². The number of nitrogens with zero attached hydrogens (tertiary/aromatic N) is 1. The highest BCUT2D eigenvalue weighted by atomic mass is 16.1. The Kier molecular flexibility index (Phi) is 3.13. The van der Waals surface area contributed by atoms with Crippen molar-refractivity contribution in [2.45, 2.75) is 58.0 Å². The molecule has 84 valence electrons. The van der Waals surface area contributed by atoms with Gasteiger partial charge in [-0.1, -0.05) is 32.8 Å². The molecular weight excluding hydrogens is 186 g/mol. The molecule has 0 aromatic rings. The topological polar surface area (TPSA) is 20.3 Å². The molecule has 0 aromatic carbocycles. The van der Waals surface area contributed by atoms with Crippen LogP contribution in [0.15, 0.2) is 12.3 Å². The van der Waals surface area contributed by atoms with Gasteiger partial charge in [-0.25, -0.2) is 0 Å². The monoisotopic (exact) mass is 207 g/mol. The van der Waals surface area contributed by atoms with Gasteiger partial charge in [-0.2, -0.15) is 0 Å². The van der Waals surface area contributed by atoms with Crippen LogP contribution < -0.4 is 0 Å². The molecule has 1 saturated carbocycles. The Balaban J connectivity index is 2.15. The number of ketones is 1. The van der Waals surface area contributed by atoms with Crippen molar-refractivity contribution in [3.8, 4) is 0 Å². The highest BCUT2D eigenvalue weighted by molar-refractivity contribution is 5.88. The first-order valence-corrected chi connectivity index (χ1v) is 6.23. The zero-order chi connectivity index (χ0) is 10.8. The van der Waals surface area contributed by atoms with E-state index in [2.05, 4.69) is 24.1 Å². The van der Waals surface area contributed by atoms with E-state index in [9.17, 15) is 4.79 Å². The van der Waals surface area contributed by atoms with Gasteiger partial charge in [0.15, 0.2) is 5.78 Å². The fourth-order valence-electron chi connectivity index (χ4n) is 2.87. The molecule has 0 amide bonds. The normalized spacial score (nSPS) is 32.7. The molecule has 1 fully saturated rings. The fraction of sp³-hybridized carbons (Fsp3) is 0.769. The molecule has 2 atom stereocenters. The molecule has 0 saturated heterocycles. The van der Waals surface area contributed by atoms with E-state index < -0.39 is 0 Å². The van der Waals surface area contributed by atoms with Crippen molar-refractivity contribution >= 4 is 5.78 Å². The Hall–Kier alpha value is -0.790. The third-order valence-electron chi connectivity index (χ3n) is 3.82. The second-order valence-electron chi connectivity index (χ2n) is 4.84. The van der Waals surface area contributed by atoms with Crippen LogP contribution in [0.25, 0.3) is 0 Å². The Morgan fingerprint density at radius 2 is 2.07 bits per heavy atom. The summed E-state index contributed by atoms with van der Waals surface area (Å²) < 4.78 is 0. The molecule has 2 aliphatic rings. The minimum absolute atomic E-state index is 0.118. The predicted molar refractivity (Wildman–Crippen MR) is 61.5 cm³/mol. The summed E-state index contributed by atoms with van der Waals surface area (Å²) in [5.41, 5.74) is 0. The predicted octanol–water partition coefficient (Wildman–Crippen LogP) is 2.74. The van der Waals surface area contributed by atoms with Gasteiger partial charge in [0.1, 0.15) is 0 Å². The summed E-state index contributed by atoms with van der Waals surface area (Å²) in [5, 5.41) is 0. The third-order valence-corrected chi connectivity index (χ3v) is 3.82. The van der Waals surface area contributed by atoms with Crippen LogP contribution in [-0.4, -0.2) is 22.8 Å². The molecule has 0 bridgehead atoms. The number of carbonyl (C=O) groups is 1. The van der Waals surface area contributed by atoms with Gasteiger partial charge in [0.25, 0.3) is 0 Å². The maximum Gasteiger partial charge on any atom is 0.161 e. The molecular formula is C13H21NO. The van der Waals surface area contributed by atoms with Crippen LogP contribution >= 0.6 is 0 Å². The van der Waals surface area contributed by atoms with E-state index in [1.807, 2.05) is 6.92 Å². The highest BCUT2D eigenvalue weighted by Crippen LogP contribution is 2.29. The summed E-state index contributed by atoms with van der Waals surface area (Å²) in [6.45, 7) is 4.13.